The van der Waals surface area contributed by atoms with Gasteiger partial charge in [0.05, 0.1) is 37.1 Å². The number of anilines is 1. The van der Waals surface area contributed by atoms with E-state index in [2.05, 4.69) is 20.3 Å². The molecule has 0 fully saturated rings. The Hall–Kier alpha value is -3.01. The third kappa shape index (κ3) is 3.03. The van der Waals surface area contributed by atoms with Crippen molar-refractivity contribution in [2.24, 2.45) is 7.05 Å². The van der Waals surface area contributed by atoms with Crippen molar-refractivity contribution in [3.63, 3.8) is 0 Å². The van der Waals surface area contributed by atoms with E-state index in [9.17, 15) is 0 Å². The van der Waals surface area contributed by atoms with E-state index < -0.39 is 10.7 Å². The quantitative estimate of drug-likeness (QED) is 0.588. The molecule has 0 amide bonds. The molecular weight excluding hydrogens is 357 g/mol. The van der Waals surface area contributed by atoms with Crippen LogP contribution >= 0.6 is 0 Å². The fourth-order valence-electron chi connectivity index (χ4n) is 3.72. The fraction of sp³-hybridized carbons (Fsp3) is 0.278. The minimum Gasteiger partial charge on any atom is -0.374 e. The lowest BCUT2D eigenvalue weighted by Gasteiger charge is -2.56. The van der Waals surface area contributed by atoms with Gasteiger partial charge in [0, 0.05) is 30.7 Å². The summed E-state index contributed by atoms with van der Waals surface area (Å²) in [5.41, 5.74) is 3.61. The number of aromatic nitrogens is 5. The van der Waals surface area contributed by atoms with Crippen molar-refractivity contribution in [3.8, 4) is 17.3 Å². The van der Waals surface area contributed by atoms with Crippen LogP contribution in [0.1, 0.15) is 22.5 Å². The average Bonchev–Trinajstić information content (AvgIpc) is 3.08. The van der Waals surface area contributed by atoms with Gasteiger partial charge in [-0.3, -0.25) is 9.67 Å². The molecule has 7 nitrogen and oxygen atoms in total. The second-order valence-electron chi connectivity index (χ2n) is 7.24. The smallest absolute Gasteiger partial charge is 0.163 e. The van der Waals surface area contributed by atoms with Crippen LogP contribution in [-0.4, -0.2) is 61.7 Å². The van der Waals surface area contributed by atoms with E-state index in [1.807, 2.05) is 25.2 Å². The predicted molar refractivity (Wildman–Crippen MR) is 112 cm³/mol. The van der Waals surface area contributed by atoms with Gasteiger partial charge >= 0.3 is 0 Å². The lowest BCUT2D eigenvalue weighted by atomic mass is 9.46. The number of rotatable bonds is 2. The molecular formula is C18H13B4N7. The Bertz CT molecular complexity index is 1150. The molecule has 29 heavy (non-hydrogen) atoms. The van der Waals surface area contributed by atoms with Crippen LogP contribution in [0, 0.1) is 18.3 Å². The first-order valence-electron chi connectivity index (χ1n) is 8.83. The van der Waals surface area contributed by atoms with Gasteiger partial charge in [0.25, 0.3) is 0 Å². The van der Waals surface area contributed by atoms with E-state index >= 15 is 0 Å². The van der Waals surface area contributed by atoms with E-state index in [-0.39, 0.29) is 12.1 Å². The van der Waals surface area contributed by atoms with E-state index in [1.54, 1.807) is 30.1 Å². The molecule has 0 aliphatic carbocycles. The summed E-state index contributed by atoms with van der Waals surface area (Å²) in [6.45, 7) is 1.76. The van der Waals surface area contributed by atoms with Crippen LogP contribution < -0.4 is 4.90 Å². The molecule has 4 rings (SSSR count). The van der Waals surface area contributed by atoms with Gasteiger partial charge in [-0.25, -0.2) is 0 Å². The first-order chi connectivity index (χ1) is 13.6. The standard InChI is InChI=1S/C18H13B4N7/c1-10-5-12(8-23)26-27-16(10)29-17(19,20)7-14-13(18(29,21)22)6-11(9-24-14)15-3-4-25-28(15)2/h3-6,9H,7H2,1-2H3. The Morgan fingerprint density at radius 3 is 2.55 bits per heavy atom. The molecule has 3 aromatic heterocycles. The van der Waals surface area contributed by atoms with E-state index in [1.165, 1.54) is 4.90 Å². The van der Waals surface area contributed by atoms with Crippen molar-refractivity contribution in [2.75, 3.05) is 4.90 Å². The molecule has 0 N–H and O–H groups in total. The summed E-state index contributed by atoms with van der Waals surface area (Å²) in [7, 11) is 27.8. The Morgan fingerprint density at radius 2 is 1.93 bits per heavy atom. The summed E-state index contributed by atoms with van der Waals surface area (Å²) in [5, 5.41) is 18.2. The van der Waals surface area contributed by atoms with E-state index in [0.717, 1.165) is 11.3 Å². The second-order valence-corrected chi connectivity index (χ2v) is 7.24. The zero-order chi connectivity index (χ0) is 21.0. The molecule has 0 unspecified atom stereocenters. The maximum atomic E-state index is 9.06. The van der Waals surface area contributed by atoms with Crippen LogP contribution in [0.2, 0.25) is 0 Å². The molecule has 11 heteroatoms. The molecule has 0 bridgehead atoms. The minimum absolute atomic E-state index is 0.170. The Morgan fingerprint density at radius 1 is 1.17 bits per heavy atom. The van der Waals surface area contributed by atoms with Crippen LogP contribution in [0.3, 0.4) is 0 Å². The number of nitrogens with zero attached hydrogens (tertiary/aromatic N) is 7. The van der Waals surface area contributed by atoms with Gasteiger partial charge in [-0.05, 0) is 53.3 Å². The van der Waals surface area contributed by atoms with Crippen LogP contribution in [-0.2, 0) is 18.8 Å². The normalized spacial score (nSPS) is 16.8. The SMILES string of the molecule is [B]C1([B])Cc2ncc(-c3ccnn3C)cc2C([B])([B])N1c1nnc(C#N)cc1C. The monoisotopic (exact) mass is 371 g/mol. The Balaban J connectivity index is 1.89. The predicted octanol–water partition coefficient (Wildman–Crippen LogP) is -0.0470. The molecule has 0 atom stereocenters. The maximum Gasteiger partial charge on any atom is 0.163 e. The van der Waals surface area contributed by atoms with Crippen molar-refractivity contribution in [3.05, 3.63) is 53.1 Å². The van der Waals surface area contributed by atoms with E-state index in [4.69, 9.17) is 36.6 Å². The Labute approximate surface area is 174 Å². The van der Waals surface area contributed by atoms with Crippen molar-refractivity contribution >= 4 is 37.2 Å². The van der Waals surface area contributed by atoms with Gasteiger partial charge in [-0.2, -0.15) is 10.4 Å². The minimum atomic E-state index is -1.62. The number of fused-ring (bicyclic) bond motifs is 1. The lowest BCUT2D eigenvalue weighted by Crippen LogP contribution is -2.66. The van der Waals surface area contributed by atoms with Gasteiger partial charge in [-0.15, -0.1) is 10.2 Å². The zero-order valence-electron chi connectivity index (χ0n) is 16.0. The fourth-order valence-corrected chi connectivity index (χ4v) is 3.72. The van der Waals surface area contributed by atoms with Crippen molar-refractivity contribution < 1.29 is 0 Å². The number of hydrogen-bond donors (Lipinski definition) is 0. The van der Waals surface area contributed by atoms with Gasteiger partial charge in [-0.1, -0.05) is 0 Å². The molecule has 4 heterocycles. The van der Waals surface area contributed by atoms with Gasteiger partial charge in [0.1, 0.15) is 6.07 Å². The summed E-state index contributed by atoms with van der Waals surface area (Å²) >= 11 is 0. The number of hydrogen-bond acceptors (Lipinski definition) is 6. The summed E-state index contributed by atoms with van der Waals surface area (Å²) in [5.74, 6) is 0.301. The summed E-state index contributed by atoms with van der Waals surface area (Å²) in [6, 6.07) is 7.25. The topological polar surface area (TPSA) is 83.5 Å². The molecule has 0 spiro atoms. The van der Waals surface area contributed by atoms with Crippen molar-refractivity contribution in [1.29, 1.82) is 5.26 Å². The number of nitriles is 1. The molecule has 8 radical (unpaired) electrons. The van der Waals surface area contributed by atoms with Crippen molar-refractivity contribution in [1.82, 2.24) is 25.0 Å². The second kappa shape index (κ2) is 6.51. The Kier molecular flexibility index (Phi) is 4.34. The average molecular weight is 371 g/mol. The summed E-state index contributed by atoms with van der Waals surface area (Å²) < 4.78 is 1.73. The summed E-state index contributed by atoms with van der Waals surface area (Å²) in [6.07, 6.45) is 3.59. The molecule has 1 aliphatic rings. The first kappa shape index (κ1) is 19.3. The molecule has 0 saturated heterocycles. The van der Waals surface area contributed by atoms with Crippen LogP contribution in [0.25, 0.3) is 11.3 Å². The molecule has 0 saturated carbocycles. The van der Waals surface area contributed by atoms with Crippen LogP contribution in [0.4, 0.5) is 5.82 Å². The largest absolute Gasteiger partial charge is 0.374 e. The molecule has 0 aromatic carbocycles. The van der Waals surface area contributed by atoms with Gasteiger partial charge in [0.15, 0.2) is 11.5 Å². The third-order valence-electron chi connectivity index (χ3n) is 5.04. The highest BCUT2D eigenvalue weighted by Crippen LogP contribution is 2.41. The van der Waals surface area contributed by atoms with Crippen LogP contribution in [0.15, 0.2) is 30.6 Å². The third-order valence-corrected chi connectivity index (χ3v) is 5.04. The number of aryl methyl sites for hydroxylation is 2. The zero-order valence-corrected chi connectivity index (χ0v) is 16.0. The highest BCUT2D eigenvalue weighted by molar-refractivity contribution is 6.48. The highest BCUT2D eigenvalue weighted by Gasteiger charge is 2.45. The molecule has 1 aliphatic heterocycles. The van der Waals surface area contributed by atoms with Gasteiger partial charge in [0.2, 0.25) is 0 Å². The number of pyridine rings is 1. The van der Waals surface area contributed by atoms with Crippen LogP contribution in [0.5, 0.6) is 0 Å². The highest BCUT2D eigenvalue weighted by atomic mass is 15.3. The van der Waals surface area contributed by atoms with Crippen molar-refractivity contribution in [2.45, 2.75) is 24.0 Å². The summed E-state index contributed by atoms with van der Waals surface area (Å²) in [4.78, 5) is 5.95. The van der Waals surface area contributed by atoms with E-state index in [0.29, 0.717) is 22.6 Å². The first-order valence-corrected chi connectivity index (χ1v) is 8.83. The molecule has 3 aromatic rings. The lowest BCUT2D eigenvalue weighted by molar-refractivity contribution is 0.558. The maximum absolute atomic E-state index is 9.06. The molecule has 132 valence electrons. The van der Waals surface area contributed by atoms with Gasteiger partial charge < -0.3 is 4.90 Å².